The summed E-state index contributed by atoms with van der Waals surface area (Å²) in [5.74, 6) is 0.437. The van der Waals surface area contributed by atoms with Crippen LogP contribution in [0, 0.1) is 6.92 Å². The molecule has 0 unspecified atom stereocenters. The molecule has 1 aromatic heterocycles. The van der Waals surface area contributed by atoms with Gasteiger partial charge in [0.2, 0.25) is 0 Å². The van der Waals surface area contributed by atoms with Crippen LogP contribution in [0.25, 0.3) is 5.69 Å². The average Bonchev–Trinajstić information content (AvgIpc) is 3.23. The maximum absolute atomic E-state index is 12.8. The molecule has 1 heterocycles. The second kappa shape index (κ2) is 9.46. The normalized spacial score (nSPS) is 10.8. The van der Waals surface area contributed by atoms with Crippen LogP contribution >= 0.6 is 0 Å². The highest BCUT2D eigenvalue weighted by molar-refractivity contribution is 5.92. The molecule has 0 aliphatic heterocycles. The highest BCUT2D eigenvalue weighted by atomic mass is 19.3. The molecule has 3 aromatic rings. The van der Waals surface area contributed by atoms with Crippen LogP contribution in [0.2, 0.25) is 0 Å². The Morgan fingerprint density at radius 1 is 1.06 bits per heavy atom. The van der Waals surface area contributed by atoms with Crippen molar-refractivity contribution in [3.63, 3.8) is 0 Å². The zero-order valence-electron chi connectivity index (χ0n) is 17.6. The van der Waals surface area contributed by atoms with E-state index in [1.807, 2.05) is 25.1 Å². The molecule has 0 saturated heterocycles. The van der Waals surface area contributed by atoms with Gasteiger partial charge in [0.25, 0.3) is 5.91 Å². The molecular formula is C22H23F2N3O4. The monoisotopic (exact) mass is 431 g/mol. The van der Waals surface area contributed by atoms with Crippen LogP contribution in [-0.4, -0.2) is 48.5 Å². The van der Waals surface area contributed by atoms with Gasteiger partial charge in [0, 0.05) is 19.8 Å². The minimum absolute atomic E-state index is 0.0684. The summed E-state index contributed by atoms with van der Waals surface area (Å²) < 4.78 is 41.5. The molecule has 7 nitrogen and oxygen atoms in total. The fourth-order valence-corrected chi connectivity index (χ4v) is 3.10. The number of benzene rings is 2. The third kappa shape index (κ3) is 5.11. The maximum Gasteiger partial charge on any atom is 0.387 e. The first-order valence-electron chi connectivity index (χ1n) is 9.40. The Hall–Kier alpha value is -3.62. The van der Waals surface area contributed by atoms with Gasteiger partial charge < -0.3 is 19.1 Å². The van der Waals surface area contributed by atoms with Crippen LogP contribution in [0.15, 0.2) is 48.7 Å². The largest absolute Gasteiger partial charge is 0.494 e. The summed E-state index contributed by atoms with van der Waals surface area (Å²) in [5.41, 5.74) is 2.71. The van der Waals surface area contributed by atoms with Crippen molar-refractivity contribution in [3.05, 3.63) is 65.5 Å². The van der Waals surface area contributed by atoms with Gasteiger partial charge in [0.05, 0.1) is 14.2 Å². The number of carbonyl (C=O) groups excluding carboxylic acids is 1. The van der Waals surface area contributed by atoms with E-state index in [1.54, 1.807) is 43.2 Å². The van der Waals surface area contributed by atoms with Gasteiger partial charge in [-0.3, -0.25) is 4.79 Å². The van der Waals surface area contributed by atoms with E-state index in [-0.39, 0.29) is 29.6 Å². The number of rotatable bonds is 8. The quantitative estimate of drug-likeness (QED) is 0.538. The lowest BCUT2D eigenvalue weighted by molar-refractivity contribution is -0.0512. The third-order valence-corrected chi connectivity index (χ3v) is 4.60. The lowest BCUT2D eigenvalue weighted by Crippen LogP contribution is -2.26. The number of ether oxygens (including phenoxy) is 3. The Balaban J connectivity index is 1.76. The number of aryl methyl sites for hydroxylation is 1. The molecule has 0 bridgehead atoms. The van der Waals surface area contributed by atoms with Gasteiger partial charge in [-0.1, -0.05) is 12.1 Å². The first-order valence-corrected chi connectivity index (χ1v) is 9.40. The number of aromatic nitrogens is 2. The van der Waals surface area contributed by atoms with Crippen LogP contribution in [-0.2, 0) is 6.54 Å². The summed E-state index contributed by atoms with van der Waals surface area (Å²) in [7, 11) is 4.56. The summed E-state index contributed by atoms with van der Waals surface area (Å²) in [6.45, 7) is -0.769. The number of hydrogen-bond donors (Lipinski definition) is 0. The van der Waals surface area contributed by atoms with E-state index >= 15 is 0 Å². The van der Waals surface area contributed by atoms with E-state index in [2.05, 4.69) is 9.84 Å². The zero-order chi connectivity index (χ0) is 22.5. The first-order chi connectivity index (χ1) is 14.8. The number of amides is 1. The SMILES string of the molecule is COc1cc(CN(C)C(=O)c2ccn(-c3cc(C)ccc3OC)n2)ccc1OC(F)F. The van der Waals surface area contributed by atoms with Gasteiger partial charge in [0.15, 0.2) is 17.2 Å². The van der Waals surface area contributed by atoms with Crippen molar-refractivity contribution >= 4 is 5.91 Å². The smallest absolute Gasteiger partial charge is 0.387 e. The predicted octanol–water partition coefficient (Wildman–Crippen LogP) is 4.07. The molecule has 0 aliphatic rings. The molecule has 0 atom stereocenters. The van der Waals surface area contributed by atoms with Crippen LogP contribution in [0.1, 0.15) is 21.6 Å². The van der Waals surface area contributed by atoms with Crippen molar-refractivity contribution in [2.24, 2.45) is 0 Å². The molecule has 164 valence electrons. The van der Waals surface area contributed by atoms with Gasteiger partial charge in [0.1, 0.15) is 11.4 Å². The molecule has 0 N–H and O–H groups in total. The highest BCUT2D eigenvalue weighted by Gasteiger charge is 2.18. The zero-order valence-corrected chi connectivity index (χ0v) is 17.6. The molecule has 0 saturated carbocycles. The van der Waals surface area contributed by atoms with E-state index in [0.29, 0.717) is 11.3 Å². The number of hydrogen-bond acceptors (Lipinski definition) is 5. The molecule has 0 aliphatic carbocycles. The van der Waals surface area contributed by atoms with Crippen LogP contribution in [0.5, 0.6) is 17.2 Å². The predicted molar refractivity (Wildman–Crippen MR) is 110 cm³/mol. The Morgan fingerprint density at radius 3 is 2.45 bits per heavy atom. The van der Waals surface area contributed by atoms with Crippen molar-refractivity contribution in [2.75, 3.05) is 21.3 Å². The minimum Gasteiger partial charge on any atom is -0.494 e. The Kier molecular flexibility index (Phi) is 6.74. The second-order valence-electron chi connectivity index (χ2n) is 6.85. The third-order valence-electron chi connectivity index (χ3n) is 4.60. The fraction of sp³-hybridized carbons (Fsp3) is 0.273. The maximum atomic E-state index is 12.8. The van der Waals surface area contributed by atoms with Gasteiger partial charge in [-0.15, -0.1) is 0 Å². The van der Waals surface area contributed by atoms with Gasteiger partial charge >= 0.3 is 6.61 Å². The standard InChI is InChI=1S/C22H23F2N3O4/c1-14-5-7-18(29-3)17(11-14)27-10-9-16(25-27)21(28)26(2)13-15-6-8-19(31-22(23)24)20(12-15)30-4/h5-12,22H,13H2,1-4H3. The number of methoxy groups -OCH3 is 2. The number of alkyl halides is 2. The van der Waals surface area contributed by atoms with Crippen LogP contribution in [0.4, 0.5) is 8.78 Å². The van der Waals surface area contributed by atoms with Crippen LogP contribution in [0.3, 0.4) is 0 Å². The van der Waals surface area contributed by atoms with Crippen molar-refractivity contribution in [2.45, 2.75) is 20.1 Å². The Bertz CT molecular complexity index is 1070. The van der Waals surface area contributed by atoms with E-state index in [1.165, 1.54) is 18.1 Å². The summed E-state index contributed by atoms with van der Waals surface area (Å²) in [6.07, 6.45) is 1.69. The van der Waals surface area contributed by atoms with E-state index in [4.69, 9.17) is 9.47 Å². The summed E-state index contributed by atoms with van der Waals surface area (Å²) >= 11 is 0. The molecule has 0 radical (unpaired) electrons. The van der Waals surface area contributed by atoms with Gasteiger partial charge in [-0.2, -0.15) is 13.9 Å². The molecule has 0 spiro atoms. The van der Waals surface area contributed by atoms with Gasteiger partial charge in [-0.25, -0.2) is 4.68 Å². The number of nitrogens with zero attached hydrogens (tertiary/aromatic N) is 3. The second-order valence-corrected chi connectivity index (χ2v) is 6.85. The van der Waals surface area contributed by atoms with E-state index in [9.17, 15) is 13.6 Å². The molecule has 31 heavy (non-hydrogen) atoms. The molecule has 1 amide bonds. The molecular weight excluding hydrogens is 408 g/mol. The Morgan fingerprint density at radius 2 is 1.77 bits per heavy atom. The number of carbonyl (C=O) groups is 1. The highest BCUT2D eigenvalue weighted by Crippen LogP contribution is 2.30. The lowest BCUT2D eigenvalue weighted by Gasteiger charge is -2.17. The minimum atomic E-state index is -2.95. The first kappa shape index (κ1) is 22.1. The number of halogens is 2. The van der Waals surface area contributed by atoms with Crippen molar-refractivity contribution < 1.29 is 27.8 Å². The van der Waals surface area contributed by atoms with Crippen molar-refractivity contribution in [1.29, 1.82) is 0 Å². The van der Waals surface area contributed by atoms with Crippen molar-refractivity contribution in [3.8, 4) is 22.9 Å². The summed E-state index contributed by atoms with van der Waals surface area (Å²) in [6, 6.07) is 11.8. The molecule has 9 heteroatoms. The molecule has 0 fully saturated rings. The molecule has 2 aromatic carbocycles. The molecule has 3 rings (SSSR count). The fourth-order valence-electron chi connectivity index (χ4n) is 3.10. The average molecular weight is 431 g/mol. The van der Waals surface area contributed by atoms with Gasteiger partial charge in [-0.05, 0) is 48.4 Å². The lowest BCUT2D eigenvalue weighted by atomic mass is 10.2. The van der Waals surface area contributed by atoms with Crippen molar-refractivity contribution in [1.82, 2.24) is 14.7 Å². The van der Waals surface area contributed by atoms with E-state index < -0.39 is 6.61 Å². The Labute approximate surface area is 178 Å². The topological polar surface area (TPSA) is 65.8 Å². The summed E-state index contributed by atoms with van der Waals surface area (Å²) in [5, 5.41) is 4.39. The van der Waals surface area contributed by atoms with Crippen LogP contribution < -0.4 is 14.2 Å². The summed E-state index contributed by atoms with van der Waals surface area (Å²) in [4.78, 5) is 14.3. The van der Waals surface area contributed by atoms with E-state index in [0.717, 1.165) is 11.3 Å².